The number of benzene rings is 1. The van der Waals surface area contributed by atoms with Gasteiger partial charge in [-0.1, -0.05) is 35.0 Å². The van der Waals surface area contributed by atoms with Gasteiger partial charge < -0.3 is 10.1 Å². The molecular weight excluding hydrogens is 258 g/mol. The summed E-state index contributed by atoms with van der Waals surface area (Å²) in [6, 6.07) is 7.78. The van der Waals surface area contributed by atoms with Crippen LogP contribution in [0.4, 0.5) is 4.79 Å². The van der Waals surface area contributed by atoms with Gasteiger partial charge in [-0.05, 0) is 24.1 Å². The molecule has 0 unspecified atom stereocenters. The monoisotopic (exact) mass is 271 g/mol. The molecule has 1 aromatic rings. The fraction of sp³-hybridized carbons (Fsp3) is 0.364. The first-order valence-corrected chi connectivity index (χ1v) is 5.66. The van der Waals surface area contributed by atoms with E-state index in [1.54, 1.807) is 0 Å². The Bertz CT molecular complexity index is 328. The molecule has 0 saturated carbocycles. The maximum absolute atomic E-state index is 11.1. The number of carbonyl (C=O) groups excluding carboxylic acids is 1. The quantitative estimate of drug-likeness (QED) is 0.914. The van der Waals surface area contributed by atoms with Crippen LogP contribution >= 0.6 is 15.9 Å². The Kier molecular flexibility index (Phi) is 5.18. The van der Waals surface area contributed by atoms with E-state index < -0.39 is 0 Å². The normalized spacial score (nSPS) is 9.73. The van der Waals surface area contributed by atoms with Crippen LogP contribution in [0.15, 0.2) is 28.7 Å². The number of amides is 1. The van der Waals surface area contributed by atoms with Crippen LogP contribution in [0.3, 0.4) is 0 Å². The van der Waals surface area contributed by atoms with E-state index in [-0.39, 0.29) is 6.09 Å². The number of rotatable bonds is 4. The van der Waals surface area contributed by atoms with Gasteiger partial charge in [0.2, 0.25) is 0 Å². The van der Waals surface area contributed by atoms with Gasteiger partial charge >= 0.3 is 6.09 Å². The molecule has 0 aliphatic carbocycles. The molecule has 0 aliphatic rings. The van der Waals surface area contributed by atoms with Crippen LogP contribution in [0.2, 0.25) is 0 Å². The standard InChI is InChI=1S/C11H14BrNO2/c1-2-6-15-11(14)13-8-9-4-3-5-10(12)7-9/h3-5,7H,2,6,8H2,1H3,(H,13,14). The molecule has 15 heavy (non-hydrogen) atoms. The summed E-state index contributed by atoms with van der Waals surface area (Å²) in [6.07, 6.45) is 0.474. The van der Waals surface area contributed by atoms with Crippen molar-refractivity contribution in [1.82, 2.24) is 5.32 Å². The maximum atomic E-state index is 11.1. The van der Waals surface area contributed by atoms with Crippen molar-refractivity contribution in [1.29, 1.82) is 0 Å². The molecule has 4 heteroatoms. The van der Waals surface area contributed by atoms with Gasteiger partial charge in [0.1, 0.15) is 0 Å². The lowest BCUT2D eigenvalue weighted by atomic mass is 10.2. The predicted molar refractivity (Wildman–Crippen MR) is 62.6 cm³/mol. The van der Waals surface area contributed by atoms with Crippen LogP contribution in [0.5, 0.6) is 0 Å². The highest BCUT2D eigenvalue weighted by atomic mass is 79.9. The van der Waals surface area contributed by atoms with Crippen LogP contribution in [0.1, 0.15) is 18.9 Å². The summed E-state index contributed by atoms with van der Waals surface area (Å²) in [4.78, 5) is 11.1. The number of ether oxygens (including phenoxy) is 1. The summed E-state index contributed by atoms with van der Waals surface area (Å²) < 4.78 is 5.88. The predicted octanol–water partition coefficient (Wildman–Crippen LogP) is 3.09. The van der Waals surface area contributed by atoms with Crippen molar-refractivity contribution in [2.24, 2.45) is 0 Å². The van der Waals surface area contributed by atoms with Gasteiger partial charge in [0, 0.05) is 11.0 Å². The second kappa shape index (κ2) is 6.45. The van der Waals surface area contributed by atoms with Crippen LogP contribution < -0.4 is 5.32 Å². The largest absolute Gasteiger partial charge is 0.450 e. The van der Waals surface area contributed by atoms with E-state index in [1.165, 1.54) is 0 Å². The molecule has 0 aromatic heterocycles. The highest BCUT2D eigenvalue weighted by molar-refractivity contribution is 9.10. The van der Waals surface area contributed by atoms with E-state index in [1.807, 2.05) is 31.2 Å². The average molecular weight is 272 g/mol. The molecule has 1 rings (SSSR count). The van der Waals surface area contributed by atoms with E-state index in [0.29, 0.717) is 13.2 Å². The van der Waals surface area contributed by atoms with Gasteiger partial charge in [0.25, 0.3) is 0 Å². The molecule has 1 aromatic carbocycles. The van der Waals surface area contributed by atoms with Crippen LogP contribution in [0.25, 0.3) is 0 Å². The van der Waals surface area contributed by atoms with Crippen molar-refractivity contribution in [3.63, 3.8) is 0 Å². The van der Waals surface area contributed by atoms with Crippen LogP contribution in [0, 0.1) is 0 Å². The Balaban J connectivity index is 2.33. The van der Waals surface area contributed by atoms with Gasteiger partial charge in [0.15, 0.2) is 0 Å². The Hall–Kier alpha value is -1.03. The molecule has 0 aliphatic heterocycles. The van der Waals surface area contributed by atoms with E-state index in [0.717, 1.165) is 16.5 Å². The van der Waals surface area contributed by atoms with Gasteiger partial charge in [-0.2, -0.15) is 0 Å². The average Bonchev–Trinajstić information content (AvgIpc) is 2.23. The molecule has 0 atom stereocenters. The minimum Gasteiger partial charge on any atom is -0.450 e. The van der Waals surface area contributed by atoms with Crippen LogP contribution in [-0.4, -0.2) is 12.7 Å². The van der Waals surface area contributed by atoms with Crippen molar-refractivity contribution < 1.29 is 9.53 Å². The second-order valence-corrected chi connectivity index (χ2v) is 4.04. The number of carbonyl (C=O) groups is 1. The van der Waals surface area contributed by atoms with E-state index in [9.17, 15) is 4.79 Å². The Labute approximate surface area is 97.9 Å². The minimum atomic E-state index is -0.364. The smallest absolute Gasteiger partial charge is 0.407 e. The lowest BCUT2D eigenvalue weighted by Gasteiger charge is -2.06. The number of hydrogen-bond donors (Lipinski definition) is 1. The van der Waals surface area contributed by atoms with Gasteiger partial charge in [-0.3, -0.25) is 0 Å². The molecule has 1 N–H and O–H groups in total. The Morgan fingerprint density at radius 1 is 1.53 bits per heavy atom. The van der Waals surface area contributed by atoms with Crippen LogP contribution in [-0.2, 0) is 11.3 Å². The molecule has 1 amide bonds. The summed E-state index contributed by atoms with van der Waals surface area (Å²) in [5, 5.41) is 2.68. The topological polar surface area (TPSA) is 38.3 Å². The molecule has 82 valence electrons. The summed E-state index contributed by atoms with van der Waals surface area (Å²) in [6.45, 7) is 2.91. The van der Waals surface area contributed by atoms with Gasteiger partial charge in [0.05, 0.1) is 6.61 Å². The summed E-state index contributed by atoms with van der Waals surface area (Å²) in [7, 11) is 0. The van der Waals surface area contributed by atoms with Crippen molar-refractivity contribution in [2.75, 3.05) is 6.61 Å². The fourth-order valence-electron chi connectivity index (χ4n) is 1.07. The summed E-state index contributed by atoms with van der Waals surface area (Å²) >= 11 is 3.37. The van der Waals surface area contributed by atoms with Crippen molar-refractivity contribution in [2.45, 2.75) is 19.9 Å². The third-order valence-electron chi connectivity index (χ3n) is 1.76. The number of nitrogens with one attached hydrogen (secondary N) is 1. The van der Waals surface area contributed by atoms with E-state index >= 15 is 0 Å². The molecule has 0 fully saturated rings. The molecule has 0 bridgehead atoms. The van der Waals surface area contributed by atoms with Gasteiger partial charge in [-0.15, -0.1) is 0 Å². The molecule has 0 spiro atoms. The Morgan fingerprint density at radius 3 is 3.00 bits per heavy atom. The zero-order chi connectivity index (χ0) is 11.1. The molecule has 0 radical (unpaired) electrons. The summed E-state index contributed by atoms with van der Waals surface area (Å²) in [5.41, 5.74) is 1.04. The lowest BCUT2D eigenvalue weighted by molar-refractivity contribution is 0.146. The third-order valence-corrected chi connectivity index (χ3v) is 2.26. The lowest BCUT2D eigenvalue weighted by Crippen LogP contribution is -2.23. The van der Waals surface area contributed by atoms with Crippen molar-refractivity contribution in [3.8, 4) is 0 Å². The number of hydrogen-bond acceptors (Lipinski definition) is 2. The fourth-order valence-corrected chi connectivity index (χ4v) is 1.51. The second-order valence-electron chi connectivity index (χ2n) is 3.12. The zero-order valence-electron chi connectivity index (χ0n) is 8.63. The first-order chi connectivity index (χ1) is 7.22. The number of alkyl carbamates (subject to hydrolysis) is 1. The minimum absolute atomic E-state index is 0.364. The highest BCUT2D eigenvalue weighted by Crippen LogP contribution is 2.11. The molecule has 0 heterocycles. The molecule has 0 saturated heterocycles. The zero-order valence-corrected chi connectivity index (χ0v) is 10.2. The highest BCUT2D eigenvalue weighted by Gasteiger charge is 2.00. The summed E-state index contributed by atoms with van der Waals surface area (Å²) in [5.74, 6) is 0. The SMILES string of the molecule is CCCOC(=O)NCc1cccc(Br)c1. The van der Waals surface area contributed by atoms with Crippen molar-refractivity contribution in [3.05, 3.63) is 34.3 Å². The van der Waals surface area contributed by atoms with Gasteiger partial charge in [-0.25, -0.2) is 4.79 Å². The maximum Gasteiger partial charge on any atom is 0.407 e. The van der Waals surface area contributed by atoms with E-state index in [2.05, 4.69) is 21.2 Å². The first kappa shape index (κ1) is 12.0. The van der Waals surface area contributed by atoms with E-state index in [4.69, 9.17) is 4.74 Å². The van der Waals surface area contributed by atoms with Crippen molar-refractivity contribution >= 4 is 22.0 Å². The third kappa shape index (κ3) is 4.83. The Morgan fingerprint density at radius 2 is 2.33 bits per heavy atom. The number of halogens is 1. The molecular formula is C11H14BrNO2. The molecule has 3 nitrogen and oxygen atoms in total. The first-order valence-electron chi connectivity index (χ1n) is 4.87.